The van der Waals surface area contributed by atoms with Crippen LogP contribution in [-0.2, 0) is 0 Å². The van der Waals surface area contributed by atoms with Crippen molar-refractivity contribution < 1.29 is 0 Å². The van der Waals surface area contributed by atoms with Crippen LogP contribution in [0.4, 0.5) is 0 Å². The summed E-state index contributed by atoms with van der Waals surface area (Å²) in [6, 6.07) is 0. The highest BCUT2D eigenvalue weighted by Gasteiger charge is 2.23. The third kappa shape index (κ3) is 27.1. The van der Waals surface area contributed by atoms with Gasteiger partial charge in [-0.25, -0.2) is 0 Å². The molecule has 0 amide bonds. The molecule has 0 nitrogen and oxygen atoms in total. The van der Waals surface area contributed by atoms with Crippen molar-refractivity contribution in [2.75, 3.05) is 0 Å². The lowest BCUT2D eigenvalue weighted by Gasteiger charge is -2.31. The average Bonchev–Trinajstić information content (AvgIpc) is 2.94. The van der Waals surface area contributed by atoms with Crippen LogP contribution >= 0.6 is 0 Å². The van der Waals surface area contributed by atoms with E-state index in [-0.39, 0.29) is 0 Å². The predicted octanol–water partition coefficient (Wildman–Crippen LogP) is 16.1. The van der Waals surface area contributed by atoms with Gasteiger partial charge in [-0.05, 0) is 65.6 Å². The Morgan fingerprint density at radius 3 is 0.727 bits per heavy atom. The number of hydrogen-bond acceptors (Lipinski definition) is 0. The molecule has 0 rings (SSSR count). The smallest absolute Gasteiger partial charge is 0.0328 e. The van der Waals surface area contributed by atoms with E-state index in [1.165, 1.54) is 148 Å². The summed E-state index contributed by atoms with van der Waals surface area (Å²) < 4.78 is 0. The molecular formula is C44H90. The lowest BCUT2D eigenvalue weighted by atomic mass is 9.75. The quantitative estimate of drug-likeness (QED) is 0.0725. The van der Waals surface area contributed by atoms with Crippen molar-refractivity contribution in [3.63, 3.8) is 0 Å². The van der Waals surface area contributed by atoms with Crippen molar-refractivity contribution in [3.8, 4) is 0 Å². The lowest BCUT2D eigenvalue weighted by Crippen LogP contribution is -2.18. The molecular weight excluding hydrogens is 528 g/mol. The fourth-order valence-corrected chi connectivity index (χ4v) is 7.54. The normalized spacial score (nSPS) is 17.9. The van der Waals surface area contributed by atoms with Gasteiger partial charge in [0.15, 0.2) is 0 Å². The molecule has 0 N–H and O–H groups in total. The molecule has 266 valence electrons. The molecule has 0 aromatic carbocycles. The standard InChI is InChI=1S/C44H90/c1-13-44(12,34-32-42(10)30-18-28-40(8)26-16-24-38(6)22-14-20-36(2)3)35-33-43(11)31-19-29-41(9)27-17-25-39(7)23-15-21-37(4)5/h36-43H,13-35H2,1-12H3. The summed E-state index contributed by atoms with van der Waals surface area (Å²) >= 11 is 0. The van der Waals surface area contributed by atoms with Crippen LogP contribution in [0.1, 0.15) is 231 Å². The fraction of sp³-hybridized carbons (Fsp3) is 1.00. The molecule has 0 saturated heterocycles. The first-order valence-electron chi connectivity index (χ1n) is 20.8. The largest absolute Gasteiger partial charge is 0.0649 e. The second-order valence-electron chi connectivity index (χ2n) is 18.2. The van der Waals surface area contributed by atoms with Gasteiger partial charge in [0.25, 0.3) is 0 Å². The van der Waals surface area contributed by atoms with Crippen LogP contribution in [0.2, 0.25) is 0 Å². The van der Waals surface area contributed by atoms with E-state index >= 15 is 0 Å². The van der Waals surface area contributed by atoms with Crippen LogP contribution < -0.4 is 0 Å². The first kappa shape index (κ1) is 44.0. The van der Waals surface area contributed by atoms with E-state index in [4.69, 9.17) is 0 Å². The Labute approximate surface area is 282 Å². The summed E-state index contributed by atoms with van der Waals surface area (Å²) in [7, 11) is 0. The predicted molar refractivity (Wildman–Crippen MR) is 205 cm³/mol. The van der Waals surface area contributed by atoms with E-state index in [0.29, 0.717) is 5.41 Å². The van der Waals surface area contributed by atoms with Crippen LogP contribution in [0.3, 0.4) is 0 Å². The van der Waals surface area contributed by atoms with E-state index in [1.54, 1.807) is 0 Å². The van der Waals surface area contributed by atoms with Crippen molar-refractivity contribution >= 4 is 0 Å². The van der Waals surface area contributed by atoms with Crippen LogP contribution in [0.25, 0.3) is 0 Å². The van der Waals surface area contributed by atoms with Gasteiger partial charge >= 0.3 is 0 Å². The van der Waals surface area contributed by atoms with Gasteiger partial charge in [-0.3, -0.25) is 0 Å². The second kappa shape index (κ2) is 27.0. The highest BCUT2D eigenvalue weighted by Crippen LogP contribution is 2.37. The van der Waals surface area contributed by atoms with E-state index in [0.717, 1.165) is 47.3 Å². The molecule has 0 aliphatic heterocycles. The highest BCUT2D eigenvalue weighted by atomic mass is 14.3. The Balaban J connectivity index is 4.00. The van der Waals surface area contributed by atoms with Gasteiger partial charge in [-0.1, -0.05) is 218 Å². The molecule has 44 heavy (non-hydrogen) atoms. The third-order valence-electron chi connectivity index (χ3n) is 11.9. The first-order chi connectivity index (χ1) is 20.8. The van der Waals surface area contributed by atoms with Crippen molar-refractivity contribution in [3.05, 3.63) is 0 Å². The molecule has 0 fully saturated rings. The van der Waals surface area contributed by atoms with Gasteiger partial charge in [0.1, 0.15) is 0 Å². The molecule has 0 aromatic rings. The Morgan fingerprint density at radius 1 is 0.318 bits per heavy atom. The van der Waals surface area contributed by atoms with Crippen LogP contribution in [-0.4, -0.2) is 0 Å². The lowest BCUT2D eigenvalue weighted by molar-refractivity contribution is 0.212. The Morgan fingerprint density at radius 2 is 0.523 bits per heavy atom. The van der Waals surface area contributed by atoms with Gasteiger partial charge in [0, 0.05) is 0 Å². The summed E-state index contributed by atoms with van der Waals surface area (Å²) in [5.74, 6) is 7.24. The van der Waals surface area contributed by atoms with Crippen molar-refractivity contribution in [1.29, 1.82) is 0 Å². The maximum Gasteiger partial charge on any atom is -0.0328 e. The van der Waals surface area contributed by atoms with E-state index in [9.17, 15) is 0 Å². The SMILES string of the molecule is CCC(C)(CCC(C)CCCC(C)CCCC(C)CCCC(C)C)CCC(C)CCCC(C)CCCC(C)CCCC(C)C. The van der Waals surface area contributed by atoms with Gasteiger partial charge < -0.3 is 0 Å². The van der Waals surface area contributed by atoms with Crippen molar-refractivity contribution in [1.82, 2.24) is 0 Å². The molecule has 0 spiro atoms. The van der Waals surface area contributed by atoms with Gasteiger partial charge in [0.05, 0.1) is 0 Å². The second-order valence-corrected chi connectivity index (χ2v) is 18.2. The zero-order valence-corrected chi connectivity index (χ0v) is 33.4. The van der Waals surface area contributed by atoms with E-state index in [2.05, 4.69) is 83.1 Å². The van der Waals surface area contributed by atoms with Crippen LogP contribution in [0.15, 0.2) is 0 Å². The van der Waals surface area contributed by atoms with E-state index < -0.39 is 0 Å². The monoisotopic (exact) mass is 619 g/mol. The summed E-state index contributed by atoms with van der Waals surface area (Å²) in [6.07, 6.45) is 33.1. The summed E-state index contributed by atoms with van der Waals surface area (Å²) in [5, 5.41) is 0. The fourth-order valence-electron chi connectivity index (χ4n) is 7.54. The molecule has 0 aliphatic rings. The average molecular weight is 619 g/mol. The Hall–Kier alpha value is 0. The Bertz CT molecular complexity index is 553. The van der Waals surface area contributed by atoms with Gasteiger partial charge in [0.2, 0.25) is 0 Å². The summed E-state index contributed by atoms with van der Waals surface area (Å²) in [6.45, 7) is 29.6. The molecule has 0 radical (unpaired) electrons. The maximum absolute atomic E-state index is 2.60. The minimum absolute atomic E-state index is 0.556. The van der Waals surface area contributed by atoms with E-state index in [1.807, 2.05) is 0 Å². The third-order valence-corrected chi connectivity index (χ3v) is 11.9. The van der Waals surface area contributed by atoms with Crippen LogP contribution in [0, 0.1) is 52.8 Å². The first-order valence-corrected chi connectivity index (χ1v) is 20.8. The molecule has 6 atom stereocenters. The van der Waals surface area contributed by atoms with Crippen molar-refractivity contribution in [2.24, 2.45) is 52.8 Å². The molecule has 0 heteroatoms. The topological polar surface area (TPSA) is 0 Å². The minimum Gasteiger partial charge on any atom is -0.0649 e. The molecule has 6 unspecified atom stereocenters. The number of hydrogen-bond donors (Lipinski definition) is 0. The molecule has 0 aromatic heterocycles. The summed E-state index contributed by atoms with van der Waals surface area (Å²) in [5.41, 5.74) is 0.556. The molecule has 0 heterocycles. The summed E-state index contributed by atoms with van der Waals surface area (Å²) in [4.78, 5) is 0. The maximum atomic E-state index is 2.60. The minimum atomic E-state index is 0.556. The zero-order valence-electron chi connectivity index (χ0n) is 33.4. The van der Waals surface area contributed by atoms with Crippen LogP contribution in [0.5, 0.6) is 0 Å². The Kier molecular flexibility index (Phi) is 27.0. The molecule has 0 aliphatic carbocycles. The molecule has 0 bridgehead atoms. The van der Waals surface area contributed by atoms with Gasteiger partial charge in [-0.2, -0.15) is 0 Å². The number of rotatable bonds is 31. The van der Waals surface area contributed by atoms with Crippen molar-refractivity contribution in [2.45, 2.75) is 231 Å². The van der Waals surface area contributed by atoms with Gasteiger partial charge in [-0.15, -0.1) is 0 Å². The molecule has 0 saturated carbocycles. The zero-order chi connectivity index (χ0) is 33.4. The highest BCUT2D eigenvalue weighted by molar-refractivity contribution is 4.75.